The Morgan fingerprint density at radius 3 is 2.74 bits per heavy atom. The van der Waals surface area contributed by atoms with Crippen LogP contribution in [-0.4, -0.2) is 34.2 Å². The summed E-state index contributed by atoms with van der Waals surface area (Å²) in [6, 6.07) is -0.854. The molecule has 1 atom stereocenters. The van der Waals surface area contributed by atoms with Crippen LogP contribution >= 0.6 is 0 Å². The van der Waals surface area contributed by atoms with Crippen molar-refractivity contribution in [3.63, 3.8) is 0 Å². The zero-order chi connectivity index (χ0) is 14.3. The highest BCUT2D eigenvalue weighted by Gasteiger charge is 2.42. The Kier molecular flexibility index (Phi) is 3.34. The van der Waals surface area contributed by atoms with E-state index in [4.69, 9.17) is 0 Å². The molecular formula is C12H18F2N4O. The summed E-state index contributed by atoms with van der Waals surface area (Å²) in [7, 11) is 0. The summed E-state index contributed by atoms with van der Waals surface area (Å²) in [6.07, 6.45) is 2.73. The Balaban J connectivity index is 1.98. The van der Waals surface area contributed by atoms with Crippen LogP contribution in [0.2, 0.25) is 0 Å². The first-order chi connectivity index (χ1) is 8.67. The average molecular weight is 272 g/mol. The number of aromatic nitrogens is 2. The van der Waals surface area contributed by atoms with Crippen LogP contribution in [0.25, 0.3) is 0 Å². The highest BCUT2D eigenvalue weighted by Crippen LogP contribution is 2.25. The lowest BCUT2D eigenvalue weighted by atomic mass is 10.1. The first kappa shape index (κ1) is 13.9. The normalized spacial score (nSPS) is 22.5. The summed E-state index contributed by atoms with van der Waals surface area (Å²) in [5.41, 5.74) is 0.318. The van der Waals surface area contributed by atoms with Gasteiger partial charge < -0.3 is 5.32 Å². The SMILES string of the molecule is CC(C)(C)n1cc(NC(=O)C2CC(F)(F)CN2)cn1. The lowest BCUT2D eigenvalue weighted by Crippen LogP contribution is -2.35. The van der Waals surface area contributed by atoms with E-state index in [2.05, 4.69) is 15.7 Å². The van der Waals surface area contributed by atoms with Crippen LogP contribution in [0, 0.1) is 0 Å². The van der Waals surface area contributed by atoms with Gasteiger partial charge in [-0.3, -0.25) is 14.8 Å². The Hall–Kier alpha value is -1.50. The third-order valence-electron chi connectivity index (χ3n) is 2.96. The number of carbonyl (C=O) groups is 1. The number of hydrogen-bond acceptors (Lipinski definition) is 3. The predicted octanol–water partition coefficient (Wildman–Crippen LogP) is 1.57. The van der Waals surface area contributed by atoms with Crippen LogP contribution in [0.3, 0.4) is 0 Å². The van der Waals surface area contributed by atoms with E-state index in [1.807, 2.05) is 20.8 Å². The number of halogens is 2. The molecule has 0 aliphatic carbocycles. The van der Waals surface area contributed by atoms with E-state index in [1.165, 1.54) is 6.20 Å². The Bertz CT molecular complexity index is 478. The molecule has 1 aromatic heterocycles. The van der Waals surface area contributed by atoms with Gasteiger partial charge in [0, 0.05) is 12.6 Å². The minimum absolute atomic E-state index is 0.193. The molecule has 1 amide bonds. The van der Waals surface area contributed by atoms with Crippen molar-refractivity contribution in [2.75, 3.05) is 11.9 Å². The van der Waals surface area contributed by atoms with E-state index in [1.54, 1.807) is 10.9 Å². The van der Waals surface area contributed by atoms with Gasteiger partial charge in [0.05, 0.1) is 30.0 Å². The predicted molar refractivity (Wildman–Crippen MR) is 67.2 cm³/mol. The minimum Gasteiger partial charge on any atom is -0.322 e. The molecule has 0 spiro atoms. The molecule has 106 valence electrons. The van der Waals surface area contributed by atoms with Crippen molar-refractivity contribution in [3.05, 3.63) is 12.4 Å². The fourth-order valence-electron chi connectivity index (χ4n) is 1.88. The van der Waals surface area contributed by atoms with Crippen molar-refractivity contribution in [1.29, 1.82) is 0 Å². The van der Waals surface area contributed by atoms with Gasteiger partial charge in [0.1, 0.15) is 0 Å². The summed E-state index contributed by atoms with van der Waals surface area (Å²) in [6.45, 7) is 5.48. The second kappa shape index (κ2) is 4.56. The Morgan fingerprint density at radius 2 is 2.26 bits per heavy atom. The zero-order valence-electron chi connectivity index (χ0n) is 11.2. The summed E-state index contributed by atoms with van der Waals surface area (Å²) in [4.78, 5) is 11.8. The standard InChI is InChI=1S/C12H18F2N4O/c1-11(2,3)18-6-8(5-16-18)17-10(19)9-4-12(13,14)7-15-9/h5-6,9,15H,4,7H2,1-3H3,(H,17,19). The van der Waals surface area contributed by atoms with Crippen molar-refractivity contribution >= 4 is 11.6 Å². The molecule has 1 aliphatic rings. The number of nitrogens with zero attached hydrogens (tertiary/aromatic N) is 2. The van der Waals surface area contributed by atoms with Crippen molar-refractivity contribution < 1.29 is 13.6 Å². The molecule has 19 heavy (non-hydrogen) atoms. The van der Waals surface area contributed by atoms with E-state index in [0.717, 1.165) is 0 Å². The molecule has 7 heteroatoms. The van der Waals surface area contributed by atoms with Gasteiger partial charge in [-0.15, -0.1) is 0 Å². The molecule has 1 unspecified atom stereocenters. The Morgan fingerprint density at radius 1 is 1.58 bits per heavy atom. The highest BCUT2D eigenvalue weighted by atomic mass is 19.3. The van der Waals surface area contributed by atoms with Crippen LogP contribution in [0.1, 0.15) is 27.2 Å². The molecule has 1 aliphatic heterocycles. The Labute approximate surface area is 110 Å². The van der Waals surface area contributed by atoms with E-state index in [9.17, 15) is 13.6 Å². The van der Waals surface area contributed by atoms with Crippen molar-refractivity contribution in [1.82, 2.24) is 15.1 Å². The first-order valence-electron chi connectivity index (χ1n) is 6.15. The maximum atomic E-state index is 13.0. The third-order valence-corrected chi connectivity index (χ3v) is 2.96. The molecule has 1 fully saturated rings. The number of amides is 1. The number of hydrogen-bond donors (Lipinski definition) is 2. The van der Waals surface area contributed by atoms with Gasteiger partial charge in [-0.05, 0) is 20.8 Å². The number of rotatable bonds is 2. The topological polar surface area (TPSA) is 59.0 Å². The van der Waals surface area contributed by atoms with Crippen LogP contribution in [-0.2, 0) is 10.3 Å². The zero-order valence-corrected chi connectivity index (χ0v) is 11.2. The smallest absolute Gasteiger partial charge is 0.262 e. The van der Waals surface area contributed by atoms with Crippen LogP contribution in [0.4, 0.5) is 14.5 Å². The molecule has 0 aromatic carbocycles. The molecule has 1 saturated heterocycles. The molecule has 0 bridgehead atoms. The summed E-state index contributed by atoms with van der Waals surface area (Å²) in [5, 5.41) is 9.24. The van der Waals surface area contributed by atoms with Gasteiger partial charge >= 0.3 is 0 Å². The lowest BCUT2D eigenvalue weighted by Gasteiger charge is -2.18. The van der Waals surface area contributed by atoms with Crippen LogP contribution < -0.4 is 10.6 Å². The number of alkyl halides is 2. The number of anilines is 1. The van der Waals surface area contributed by atoms with Gasteiger partial charge in [-0.25, -0.2) is 8.78 Å². The van der Waals surface area contributed by atoms with Gasteiger partial charge in [0.25, 0.3) is 5.92 Å². The van der Waals surface area contributed by atoms with Crippen molar-refractivity contribution in [2.24, 2.45) is 0 Å². The van der Waals surface area contributed by atoms with Crippen molar-refractivity contribution in [3.8, 4) is 0 Å². The highest BCUT2D eigenvalue weighted by molar-refractivity contribution is 5.94. The first-order valence-corrected chi connectivity index (χ1v) is 6.15. The van der Waals surface area contributed by atoms with Crippen LogP contribution in [0.5, 0.6) is 0 Å². The van der Waals surface area contributed by atoms with Gasteiger partial charge in [0.2, 0.25) is 5.91 Å². The second-order valence-corrected chi connectivity index (χ2v) is 5.83. The maximum Gasteiger partial charge on any atom is 0.262 e. The lowest BCUT2D eigenvalue weighted by molar-refractivity contribution is -0.118. The monoisotopic (exact) mass is 272 g/mol. The van der Waals surface area contributed by atoms with Gasteiger partial charge in [-0.1, -0.05) is 0 Å². The molecular weight excluding hydrogens is 254 g/mol. The summed E-state index contributed by atoms with van der Waals surface area (Å²) < 4.78 is 27.7. The summed E-state index contributed by atoms with van der Waals surface area (Å²) in [5.74, 6) is -3.26. The largest absolute Gasteiger partial charge is 0.322 e. The number of nitrogens with one attached hydrogen (secondary N) is 2. The molecule has 1 aromatic rings. The second-order valence-electron chi connectivity index (χ2n) is 5.83. The number of carbonyl (C=O) groups excluding carboxylic acids is 1. The van der Waals surface area contributed by atoms with Crippen LogP contribution in [0.15, 0.2) is 12.4 Å². The third kappa shape index (κ3) is 3.28. The van der Waals surface area contributed by atoms with E-state index in [0.29, 0.717) is 5.69 Å². The molecule has 0 radical (unpaired) electrons. The average Bonchev–Trinajstić information content (AvgIpc) is 2.83. The fraction of sp³-hybridized carbons (Fsp3) is 0.667. The molecule has 0 saturated carbocycles. The summed E-state index contributed by atoms with van der Waals surface area (Å²) >= 11 is 0. The van der Waals surface area contributed by atoms with Gasteiger partial charge in [0.15, 0.2) is 0 Å². The van der Waals surface area contributed by atoms with Crippen molar-refractivity contribution in [2.45, 2.75) is 44.7 Å². The fourth-order valence-corrected chi connectivity index (χ4v) is 1.88. The van der Waals surface area contributed by atoms with E-state index < -0.39 is 30.8 Å². The maximum absolute atomic E-state index is 13.0. The molecule has 2 heterocycles. The van der Waals surface area contributed by atoms with E-state index >= 15 is 0 Å². The molecule has 5 nitrogen and oxygen atoms in total. The van der Waals surface area contributed by atoms with Gasteiger partial charge in [-0.2, -0.15) is 5.10 Å². The molecule has 2 rings (SSSR count). The minimum atomic E-state index is -2.81. The molecule has 2 N–H and O–H groups in total. The van der Waals surface area contributed by atoms with E-state index in [-0.39, 0.29) is 5.54 Å². The quantitative estimate of drug-likeness (QED) is 0.859.